The lowest BCUT2D eigenvalue weighted by Gasteiger charge is -2.31. The first kappa shape index (κ1) is 30.5. The van der Waals surface area contributed by atoms with Gasteiger partial charge in [0.2, 0.25) is 11.5 Å². The van der Waals surface area contributed by atoms with Crippen LogP contribution >= 0.6 is 0 Å². The highest BCUT2D eigenvalue weighted by Gasteiger charge is 2.64. The van der Waals surface area contributed by atoms with Crippen LogP contribution in [0.15, 0.2) is 72.8 Å². The van der Waals surface area contributed by atoms with E-state index in [-0.39, 0.29) is 0 Å². The van der Waals surface area contributed by atoms with Crippen LogP contribution in [-0.4, -0.2) is 52.9 Å². The predicted molar refractivity (Wildman–Crippen MR) is 164 cm³/mol. The van der Waals surface area contributed by atoms with Crippen molar-refractivity contribution < 1.29 is 43.4 Å². The second-order valence-corrected chi connectivity index (χ2v) is 10.6. The first-order chi connectivity index (χ1) is 21.8. The molecular formula is C34H36N2O9. The van der Waals surface area contributed by atoms with E-state index in [1.807, 2.05) is 48.5 Å². The van der Waals surface area contributed by atoms with E-state index in [1.165, 1.54) is 42.7 Å². The second-order valence-electron chi connectivity index (χ2n) is 10.6. The van der Waals surface area contributed by atoms with Gasteiger partial charge in [0.25, 0.3) is 0 Å². The maximum Gasteiger partial charge on any atom is 0.203 e. The molecule has 11 nitrogen and oxygen atoms in total. The maximum absolute atomic E-state index is 11.6. The van der Waals surface area contributed by atoms with E-state index >= 15 is 0 Å². The van der Waals surface area contributed by atoms with Gasteiger partial charge in [-0.2, -0.15) is 0 Å². The molecular weight excluding hydrogens is 580 g/mol. The van der Waals surface area contributed by atoms with Crippen molar-refractivity contribution in [3.05, 3.63) is 106 Å². The van der Waals surface area contributed by atoms with Crippen LogP contribution in [-0.2, 0) is 16.2 Å². The molecule has 4 N–H and O–H groups in total. The van der Waals surface area contributed by atoms with E-state index in [0.717, 1.165) is 22.3 Å². The Morgan fingerprint density at radius 1 is 0.489 bits per heavy atom. The minimum atomic E-state index is -1.22. The fourth-order valence-electron chi connectivity index (χ4n) is 5.93. The zero-order valence-corrected chi connectivity index (χ0v) is 25.8. The van der Waals surface area contributed by atoms with Gasteiger partial charge in [-0.05, 0) is 24.3 Å². The standard InChI is InChI=1S/C34H36N2O9/c1-39-25-15-19(16-26(40-2)29(25)43-5)31(37)35-33(21-11-7-8-12-22(21)33)45-34(23-13-9-10-14-24(23)34)36-32(38)20-17-27(41-3)30(44-6)28(18-20)42-4/h7-18,31-32,35-38H,1-6H3. The van der Waals surface area contributed by atoms with Gasteiger partial charge < -0.3 is 43.4 Å². The number of benzene rings is 4. The van der Waals surface area contributed by atoms with Crippen molar-refractivity contribution >= 4 is 0 Å². The molecule has 2 atom stereocenters. The molecule has 0 heterocycles. The van der Waals surface area contributed by atoms with Gasteiger partial charge in [-0.1, -0.05) is 48.5 Å². The molecule has 0 saturated heterocycles. The van der Waals surface area contributed by atoms with Crippen molar-refractivity contribution in [2.75, 3.05) is 42.7 Å². The summed E-state index contributed by atoms with van der Waals surface area (Å²) in [7, 11) is 9.10. The molecule has 0 radical (unpaired) electrons. The van der Waals surface area contributed by atoms with Gasteiger partial charge in [-0.15, -0.1) is 0 Å². The highest BCUT2D eigenvalue weighted by atomic mass is 16.6. The van der Waals surface area contributed by atoms with Crippen LogP contribution in [0.25, 0.3) is 0 Å². The van der Waals surface area contributed by atoms with Crippen LogP contribution in [0.2, 0.25) is 0 Å². The molecule has 0 spiro atoms. The summed E-state index contributed by atoms with van der Waals surface area (Å²) >= 11 is 0. The largest absolute Gasteiger partial charge is 0.493 e. The summed E-state index contributed by atoms with van der Waals surface area (Å²) in [5, 5.41) is 29.7. The number of aliphatic hydroxyl groups excluding tert-OH is 2. The maximum atomic E-state index is 11.6. The number of methoxy groups -OCH3 is 6. The SMILES string of the molecule is COc1cc(C(O)NC2(OC3(NC(O)c4cc(OC)c(OC)c(OC)c4)c4ccccc43)c3ccccc32)cc(OC)c1OC. The molecule has 0 saturated carbocycles. The monoisotopic (exact) mass is 616 g/mol. The lowest BCUT2D eigenvalue weighted by atomic mass is 10.1. The van der Waals surface area contributed by atoms with Crippen LogP contribution in [0, 0.1) is 0 Å². The van der Waals surface area contributed by atoms with Crippen LogP contribution in [0.5, 0.6) is 34.5 Å². The number of rotatable bonds is 14. The van der Waals surface area contributed by atoms with Gasteiger partial charge in [0, 0.05) is 33.4 Å². The zero-order valence-electron chi connectivity index (χ0n) is 25.8. The fourth-order valence-corrected chi connectivity index (χ4v) is 5.93. The Kier molecular flexibility index (Phi) is 7.98. The quantitative estimate of drug-likeness (QED) is 0.153. The first-order valence-corrected chi connectivity index (χ1v) is 14.2. The second kappa shape index (κ2) is 11.8. The van der Waals surface area contributed by atoms with Crippen molar-refractivity contribution in [2.45, 2.75) is 23.9 Å². The van der Waals surface area contributed by atoms with Crippen LogP contribution in [0.3, 0.4) is 0 Å². The number of aliphatic hydroxyl groups is 2. The summed E-state index contributed by atoms with van der Waals surface area (Å²) in [6, 6.07) is 22.0. The Morgan fingerprint density at radius 2 is 0.778 bits per heavy atom. The summed E-state index contributed by atoms with van der Waals surface area (Å²) in [4.78, 5) is 0. The lowest BCUT2D eigenvalue weighted by molar-refractivity contribution is -0.143. The van der Waals surface area contributed by atoms with Crippen molar-refractivity contribution in [1.29, 1.82) is 0 Å². The zero-order chi connectivity index (χ0) is 31.9. The molecule has 45 heavy (non-hydrogen) atoms. The van der Waals surface area contributed by atoms with Gasteiger partial charge in [0.1, 0.15) is 12.5 Å². The van der Waals surface area contributed by atoms with Gasteiger partial charge >= 0.3 is 0 Å². The van der Waals surface area contributed by atoms with E-state index < -0.39 is 23.9 Å². The number of hydrogen-bond acceptors (Lipinski definition) is 11. The predicted octanol–water partition coefficient (Wildman–Crippen LogP) is 4.05. The summed E-state index contributed by atoms with van der Waals surface area (Å²) in [5.74, 6) is 2.42. The normalized spacial score (nSPS) is 16.0. The van der Waals surface area contributed by atoms with E-state index in [0.29, 0.717) is 45.6 Å². The molecule has 0 fully saturated rings. The van der Waals surface area contributed by atoms with Crippen molar-refractivity contribution in [3.63, 3.8) is 0 Å². The average molecular weight is 617 g/mol. The van der Waals surface area contributed by atoms with Crippen LogP contribution < -0.4 is 39.1 Å². The van der Waals surface area contributed by atoms with Crippen LogP contribution in [0.4, 0.5) is 0 Å². The van der Waals surface area contributed by atoms with Gasteiger partial charge in [0.05, 0.1) is 42.7 Å². The third-order valence-corrected chi connectivity index (χ3v) is 8.24. The van der Waals surface area contributed by atoms with Crippen molar-refractivity contribution in [1.82, 2.24) is 10.6 Å². The Hall–Kier alpha value is -4.52. The van der Waals surface area contributed by atoms with E-state index in [1.54, 1.807) is 24.3 Å². The fraction of sp³-hybridized carbons (Fsp3) is 0.294. The summed E-state index contributed by atoms with van der Waals surface area (Å²) < 4.78 is 39.9. The summed E-state index contributed by atoms with van der Waals surface area (Å²) in [6.07, 6.45) is -2.44. The minimum Gasteiger partial charge on any atom is -0.493 e. The minimum absolute atomic E-state index is 0.400. The molecule has 0 amide bonds. The van der Waals surface area contributed by atoms with E-state index in [9.17, 15) is 10.2 Å². The summed E-state index contributed by atoms with van der Waals surface area (Å²) in [5.41, 5.74) is 1.91. The van der Waals surface area contributed by atoms with E-state index in [2.05, 4.69) is 10.6 Å². The highest BCUT2D eigenvalue weighted by molar-refractivity contribution is 5.62. The topological polar surface area (TPSA) is 129 Å². The third-order valence-electron chi connectivity index (χ3n) is 8.24. The third kappa shape index (κ3) is 4.98. The van der Waals surface area contributed by atoms with E-state index in [4.69, 9.17) is 33.2 Å². The molecule has 6 rings (SSSR count). The number of nitrogens with one attached hydrogen (secondary N) is 2. The van der Waals surface area contributed by atoms with Gasteiger partial charge in [-0.3, -0.25) is 10.6 Å². The molecule has 236 valence electrons. The smallest absolute Gasteiger partial charge is 0.203 e. The van der Waals surface area contributed by atoms with Gasteiger partial charge in [-0.25, -0.2) is 0 Å². The molecule has 11 heteroatoms. The molecule has 0 aromatic heterocycles. The first-order valence-electron chi connectivity index (χ1n) is 14.2. The van der Waals surface area contributed by atoms with Crippen LogP contribution in [0.1, 0.15) is 45.8 Å². The Morgan fingerprint density at radius 3 is 1.02 bits per heavy atom. The number of ether oxygens (including phenoxy) is 7. The number of fused-ring (bicyclic) bond motifs is 2. The molecule has 4 aromatic carbocycles. The lowest BCUT2D eigenvalue weighted by Crippen LogP contribution is -2.46. The van der Waals surface area contributed by atoms with Crippen molar-refractivity contribution in [2.24, 2.45) is 0 Å². The Labute approximate surface area is 261 Å². The van der Waals surface area contributed by atoms with Gasteiger partial charge in [0.15, 0.2) is 34.4 Å². The molecule has 0 aliphatic heterocycles. The number of hydrogen-bond donors (Lipinski definition) is 4. The molecule has 4 aromatic rings. The highest BCUT2D eigenvalue weighted by Crippen LogP contribution is 2.60. The molecule has 2 aliphatic carbocycles. The Balaban J connectivity index is 1.35. The Bertz CT molecular complexity index is 1500. The molecule has 2 unspecified atom stereocenters. The summed E-state index contributed by atoms with van der Waals surface area (Å²) in [6.45, 7) is 0. The average Bonchev–Trinajstić information content (AvgIpc) is 3.92. The molecule has 2 aliphatic rings. The van der Waals surface area contributed by atoms with Crippen molar-refractivity contribution in [3.8, 4) is 34.5 Å². The molecule has 0 bridgehead atoms.